The van der Waals surface area contributed by atoms with Gasteiger partial charge in [0, 0.05) is 11.1 Å². The Morgan fingerprint density at radius 1 is 1.07 bits per heavy atom. The van der Waals surface area contributed by atoms with Gasteiger partial charge in [0.1, 0.15) is 12.2 Å². The van der Waals surface area contributed by atoms with Gasteiger partial charge in [-0.05, 0) is 12.1 Å². The molecule has 15 heavy (non-hydrogen) atoms. The molecule has 0 spiro atoms. The van der Waals surface area contributed by atoms with Gasteiger partial charge in [0.15, 0.2) is 0 Å². The predicted molar refractivity (Wildman–Crippen MR) is 60.1 cm³/mol. The molecule has 0 radical (unpaired) electrons. The summed E-state index contributed by atoms with van der Waals surface area (Å²) in [4.78, 5) is 0. The number of para-hydroxylation sites is 1. The van der Waals surface area contributed by atoms with Gasteiger partial charge in [-0.15, -0.1) is 10.2 Å². The van der Waals surface area contributed by atoms with Crippen LogP contribution >= 0.6 is 0 Å². The maximum Gasteiger partial charge on any atom is 0.142 e. The van der Waals surface area contributed by atoms with E-state index in [0.29, 0.717) is 0 Å². The molecule has 0 saturated heterocycles. The molecule has 0 amide bonds. The molecule has 1 aromatic heterocycles. The Morgan fingerprint density at radius 3 is 2.33 bits per heavy atom. The molecular formula is C12H15N3. The van der Waals surface area contributed by atoms with Crippen molar-refractivity contribution in [3.63, 3.8) is 0 Å². The second-order valence-electron chi connectivity index (χ2n) is 4.61. The molecule has 0 atom stereocenters. The zero-order chi connectivity index (χ0) is 10.9. The Bertz CT molecular complexity index is 437. The van der Waals surface area contributed by atoms with E-state index < -0.39 is 0 Å². The third-order valence-electron chi connectivity index (χ3n) is 2.25. The fourth-order valence-electron chi connectivity index (χ4n) is 1.52. The first-order chi connectivity index (χ1) is 7.09. The van der Waals surface area contributed by atoms with E-state index in [1.165, 1.54) is 0 Å². The predicted octanol–water partition coefficient (Wildman–Crippen LogP) is 2.56. The number of hydrogen-bond acceptors (Lipinski definition) is 2. The van der Waals surface area contributed by atoms with Crippen molar-refractivity contribution in [2.75, 3.05) is 0 Å². The highest BCUT2D eigenvalue weighted by atomic mass is 15.3. The minimum atomic E-state index is 0.00629. The lowest BCUT2D eigenvalue weighted by Crippen LogP contribution is -2.17. The second kappa shape index (κ2) is 3.50. The van der Waals surface area contributed by atoms with Gasteiger partial charge in [-0.25, -0.2) is 0 Å². The van der Waals surface area contributed by atoms with Crippen LogP contribution in [0, 0.1) is 0 Å². The maximum absolute atomic E-state index is 4.18. The summed E-state index contributed by atoms with van der Waals surface area (Å²) in [5.41, 5.74) is 1.11. The Labute approximate surface area is 89.8 Å². The molecule has 3 heteroatoms. The average molecular weight is 201 g/mol. The highest BCUT2D eigenvalue weighted by molar-refractivity contribution is 5.33. The molecule has 0 bridgehead atoms. The topological polar surface area (TPSA) is 30.7 Å². The fourth-order valence-corrected chi connectivity index (χ4v) is 1.52. The van der Waals surface area contributed by atoms with Crippen LogP contribution in [-0.2, 0) is 5.41 Å². The van der Waals surface area contributed by atoms with Crippen LogP contribution in [0.15, 0.2) is 36.7 Å². The van der Waals surface area contributed by atoms with Crippen molar-refractivity contribution in [1.29, 1.82) is 0 Å². The third kappa shape index (κ3) is 1.91. The Balaban J connectivity index is 2.51. The zero-order valence-electron chi connectivity index (χ0n) is 9.31. The molecule has 0 saturated carbocycles. The summed E-state index contributed by atoms with van der Waals surface area (Å²) in [5.74, 6) is 0.980. The number of rotatable bonds is 1. The van der Waals surface area contributed by atoms with E-state index in [1.54, 1.807) is 6.33 Å². The van der Waals surface area contributed by atoms with Crippen LogP contribution in [0.3, 0.4) is 0 Å². The van der Waals surface area contributed by atoms with Gasteiger partial charge in [-0.1, -0.05) is 39.0 Å². The molecular weight excluding hydrogens is 186 g/mol. The van der Waals surface area contributed by atoms with E-state index in [1.807, 2.05) is 22.8 Å². The Kier molecular flexibility index (Phi) is 2.31. The number of benzene rings is 1. The van der Waals surface area contributed by atoms with E-state index >= 15 is 0 Å². The van der Waals surface area contributed by atoms with Gasteiger partial charge in [0.25, 0.3) is 0 Å². The fraction of sp³-hybridized carbons (Fsp3) is 0.333. The maximum atomic E-state index is 4.18. The highest BCUT2D eigenvalue weighted by Gasteiger charge is 2.21. The first kappa shape index (κ1) is 9.90. The molecule has 2 rings (SSSR count). The molecule has 1 aromatic carbocycles. The zero-order valence-corrected chi connectivity index (χ0v) is 9.31. The minimum Gasteiger partial charge on any atom is -0.285 e. The lowest BCUT2D eigenvalue weighted by atomic mass is 9.95. The molecule has 0 aliphatic heterocycles. The second-order valence-corrected chi connectivity index (χ2v) is 4.61. The molecule has 1 heterocycles. The van der Waals surface area contributed by atoms with Crippen molar-refractivity contribution in [2.45, 2.75) is 26.2 Å². The molecule has 0 aliphatic rings. The van der Waals surface area contributed by atoms with E-state index in [9.17, 15) is 0 Å². The van der Waals surface area contributed by atoms with Crippen LogP contribution < -0.4 is 0 Å². The van der Waals surface area contributed by atoms with Crippen LogP contribution in [0.25, 0.3) is 5.69 Å². The van der Waals surface area contributed by atoms with Crippen LogP contribution in [0.2, 0.25) is 0 Å². The van der Waals surface area contributed by atoms with Crippen molar-refractivity contribution in [3.8, 4) is 5.69 Å². The molecule has 3 nitrogen and oxygen atoms in total. The van der Waals surface area contributed by atoms with Crippen molar-refractivity contribution in [3.05, 3.63) is 42.5 Å². The van der Waals surface area contributed by atoms with Crippen LogP contribution in [-0.4, -0.2) is 14.8 Å². The summed E-state index contributed by atoms with van der Waals surface area (Å²) in [6, 6.07) is 10.1. The average Bonchev–Trinajstić information content (AvgIpc) is 2.67. The molecule has 0 fully saturated rings. The number of hydrogen-bond donors (Lipinski definition) is 0. The summed E-state index contributed by atoms with van der Waals surface area (Å²) in [5, 5.41) is 8.15. The van der Waals surface area contributed by atoms with Crippen LogP contribution in [0.1, 0.15) is 26.6 Å². The highest BCUT2D eigenvalue weighted by Crippen LogP contribution is 2.22. The molecule has 0 unspecified atom stereocenters. The summed E-state index contributed by atoms with van der Waals surface area (Å²) >= 11 is 0. The van der Waals surface area contributed by atoms with Gasteiger partial charge >= 0.3 is 0 Å². The third-order valence-corrected chi connectivity index (χ3v) is 2.25. The summed E-state index contributed by atoms with van der Waals surface area (Å²) in [7, 11) is 0. The minimum absolute atomic E-state index is 0.00629. The van der Waals surface area contributed by atoms with Gasteiger partial charge in [-0.3, -0.25) is 4.57 Å². The van der Waals surface area contributed by atoms with Gasteiger partial charge < -0.3 is 0 Å². The SMILES string of the molecule is CC(C)(C)c1nncn1-c1ccccc1. The lowest BCUT2D eigenvalue weighted by Gasteiger charge is -2.18. The molecule has 0 aliphatic carbocycles. The monoisotopic (exact) mass is 201 g/mol. The Hall–Kier alpha value is -1.64. The quantitative estimate of drug-likeness (QED) is 0.710. The smallest absolute Gasteiger partial charge is 0.142 e. The van der Waals surface area contributed by atoms with Crippen molar-refractivity contribution in [1.82, 2.24) is 14.8 Å². The number of nitrogens with zero attached hydrogens (tertiary/aromatic N) is 3. The van der Waals surface area contributed by atoms with Gasteiger partial charge in [0.2, 0.25) is 0 Å². The molecule has 78 valence electrons. The van der Waals surface area contributed by atoms with E-state index in [0.717, 1.165) is 11.5 Å². The van der Waals surface area contributed by atoms with Crippen molar-refractivity contribution < 1.29 is 0 Å². The van der Waals surface area contributed by atoms with E-state index in [4.69, 9.17) is 0 Å². The molecule has 2 aromatic rings. The normalized spacial score (nSPS) is 11.7. The van der Waals surface area contributed by atoms with Crippen LogP contribution in [0.4, 0.5) is 0 Å². The van der Waals surface area contributed by atoms with E-state index in [-0.39, 0.29) is 5.41 Å². The van der Waals surface area contributed by atoms with Gasteiger partial charge in [0.05, 0.1) is 0 Å². The standard InChI is InChI=1S/C12H15N3/c1-12(2,3)11-14-13-9-15(11)10-7-5-4-6-8-10/h4-9H,1-3H3. The summed E-state index contributed by atoms with van der Waals surface area (Å²) in [6.07, 6.45) is 1.76. The summed E-state index contributed by atoms with van der Waals surface area (Å²) < 4.78 is 2.03. The Morgan fingerprint density at radius 2 is 1.73 bits per heavy atom. The van der Waals surface area contributed by atoms with Gasteiger partial charge in [-0.2, -0.15) is 0 Å². The largest absolute Gasteiger partial charge is 0.285 e. The first-order valence-corrected chi connectivity index (χ1v) is 5.05. The van der Waals surface area contributed by atoms with E-state index in [2.05, 4.69) is 43.1 Å². The van der Waals surface area contributed by atoms with Crippen molar-refractivity contribution >= 4 is 0 Å². The molecule has 0 N–H and O–H groups in total. The van der Waals surface area contributed by atoms with Crippen LogP contribution in [0.5, 0.6) is 0 Å². The first-order valence-electron chi connectivity index (χ1n) is 5.05. The van der Waals surface area contributed by atoms with Crippen molar-refractivity contribution in [2.24, 2.45) is 0 Å². The lowest BCUT2D eigenvalue weighted by molar-refractivity contribution is 0.533. The number of aromatic nitrogens is 3. The summed E-state index contributed by atoms with van der Waals surface area (Å²) in [6.45, 7) is 6.41.